The van der Waals surface area contributed by atoms with Crippen LogP contribution in [0.1, 0.15) is 37.6 Å². The van der Waals surface area contributed by atoms with Crippen LogP contribution in [-0.4, -0.2) is 40.7 Å². The number of aliphatic hydroxyl groups excluding tert-OH is 1. The average Bonchev–Trinajstić information content (AvgIpc) is 2.82. The summed E-state index contributed by atoms with van der Waals surface area (Å²) in [6, 6.07) is 0. The highest BCUT2D eigenvalue weighted by molar-refractivity contribution is 7.09. The Morgan fingerprint density at radius 1 is 1.50 bits per heavy atom. The van der Waals surface area contributed by atoms with E-state index in [2.05, 4.69) is 30.9 Å². The first-order chi connectivity index (χ1) is 8.54. The molecule has 102 valence electrons. The topological polar surface area (TPSA) is 36.4 Å². The second kappa shape index (κ2) is 5.68. The lowest BCUT2D eigenvalue weighted by Gasteiger charge is -2.47. The molecule has 1 N–H and O–H groups in total. The molecule has 0 aliphatic heterocycles. The molecule has 1 aliphatic carbocycles. The van der Waals surface area contributed by atoms with E-state index in [-0.39, 0.29) is 11.6 Å². The van der Waals surface area contributed by atoms with Crippen LogP contribution < -0.4 is 0 Å². The fraction of sp³-hybridized carbons (Fsp3) is 0.786. The maximum Gasteiger partial charge on any atom is 0.0951 e. The normalized spacial score (nSPS) is 30.6. The summed E-state index contributed by atoms with van der Waals surface area (Å²) in [5.41, 5.74) is -0.0574. The summed E-state index contributed by atoms with van der Waals surface area (Å²) in [4.78, 5) is 6.53. The van der Waals surface area contributed by atoms with Gasteiger partial charge in [0.2, 0.25) is 0 Å². The molecule has 4 heteroatoms. The second-order valence-electron chi connectivity index (χ2n) is 5.83. The first-order valence-electron chi connectivity index (χ1n) is 6.78. The van der Waals surface area contributed by atoms with Crippen molar-refractivity contribution in [3.63, 3.8) is 0 Å². The summed E-state index contributed by atoms with van der Waals surface area (Å²) in [6.07, 6.45) is 6.80. The summed E-state index contributed by atoms with van der Waals surface area (Å²) < 4.78 is 0. The molecule has 1 fully saturated rings. The molecule has 1 aromatic rings. The van der Waals surface area contributed by atoms with Crippen molar-refractivity contribution in [3.05, 3.63) is 16.6 Å². The highest BCUT2D eigenvalue weighted by Crippen LogP contribution is 2.38. The van der Waals surface area contributed by atoms with Gasteiger partial charge in [-0.15, -0.1) is 11.3 Å². The molecule has 0 saturated heterocycles. The maximum atomic E-state index is 10.7. The van der Waals surface area contributed by atoms with E-state index in [4.69, 9.17) is 0 Å². The predicted octanol–water partition coefficient (Wildman–Crippen LogP) is 2.56. The summed E-state index contributed by atoms with van der Waals surface area (Å²) in [5.74, 6) is 0.796. The minimum atomic E-state index is -0.314. The van der Waals surface area contributed by atoms with Gasteiger partial charge in [-0.25, -0.2) is 4.98 Å². The fourth-order valence-corrected chi connectivity index (χ4v) is 3.70. The van der Waals surface area contributed by atoms with Crippen molar-refractivity contribution in [3.8, 4) is 0 Å². The third-order valence-corrected chi connectivity index (χ3v) is 5.30. The molecule has 1 saturated carbocycles. The molecule has 1 heterocycles. The number of aliphatic hydroxyl groups is 1. The summed E-state index contributed by atoms with van der Waals surface area (Å²) in [5, 5.41) is 13.7. The van der Waals surface area contributed by atoms with Gasteiger partial charge in [0.15, 0.2) is 0 Å². The van der Waals surface area contributed by atoms with Crippen molar-refractivity contribution in [2.24, 2.45) is 5.92 Å². The van der Waals surface area contributed by atoms with E-state index in [1.54, 1.807) is 11.3 Å². The lowest BCUT2D eigenvalue weighted by molar-refractivity contribution is -0.0382. The predicted molar refractivity (Wildman–Crippen MR) is 75.9 cm³/mol. The molecule has 3 nitrogen and oxygen atoms in total. The first-order valence-corrected chi connectivity index (χ1v) is 7.66. The van der Waals surface area contributed by atoms with Crippen molar-refractivity contribution in [1.29, 1.82) is 0 Å². The molecule has 0 bridgehead atoms. The molecule has 1 unspecified atom stereocenters. The average molecular weight is 268 g/mol. The molecule has 1 aliphatic rings. The van der Waals surface area contributed by atoms with Crippen molar-refractivity contribution in [2.45, 2.75) is 50.7 Å². The summed E-state index contributed by atoms with van der Waals surface area (Å²) >= 11 is 1.64. The SMILES string of the molecule is CC1CCC(C(O)Cc2nccs2)(N(C)C)CC1. The van der Waals surface area contributed by atoms with Gasteiger partial charge < -0.3 is 10.0 Å². The molecule has 0 radical (unpaired) electrons. The molecule has 18 heavy (non-hydrogen) atoms. The Bertz CT molecular complexity index is 356. The van der Waals surface area contributed by atoms with Crippen LogP contribution in [0.15, 0.2) is 11.6 Å². The Morgan fingerprint density at radius 2 is 2.17 bits per heavy atom. The smallest absolute Gasteiger partial charge is 0.0951 e. The van der Waals surface area contributed by atoms with E-state index in [1.807, 2.05) is 11.6 Å². The lowest BCUT2D eigenvalue weighted by Crippen LogP contribution is -2.56. The maximum absolute atomic E-state index is 10.7. The van der Waals surface area contributed by atoms with Gasteiger partial charge in [-0.05, 0) is 45.7 Å². The van der Waals surface area contributed by atoms with E-state index < -0.39 is 0 Å². The van der Waals surface area contributed by atoms with Gasteiger partial charge >= 0.3 is 0 Å². The van der Waals surface area contributed by atoms with E-state index in [0.717, 1.165) is 23.8 Å². The zero-order valence-electron chi connectivity index (χ0n) is 11.6. The van der Waals surface area contributed by atoms with E-state index in [0.29, 0.717) is 6.42 Å². The van der Waals surface area contributed by atoms with Gasteiger partial charge in [0.1, 0.15) is 0 Å². The van der Waals surface area contributed by atoms with Crippen LogP contribution >= 0.6 is 11.3 Å². The number of hydrogen-bond donors (Lipinski definition) is 1. The van der Waals surface area contributed by atoms with Crippen molar-refractivity contribution >= 4 is 11.3 Å². The van der Waals surface area contributed by atoms with E-state index in [1.165, 1.54) is 12.8 Å². The van der Waals surface area contributed by atoms with Crippen molar-refractivity contribution in [1.82, 2.24) is 9.88 Å². The Kier molecular flexibility index (Phi) is 4.41. The third-order valence-electron chi connectivity index (χ3n) is 4.50. The fourth-order valence-electron chi connectivity index (χ4n) is 3.05. The van der Waals surface area contributed by atoms with Crippen LogP contribution in [0, 0.1) is 5.92 Å². The molecule has 2 rings (SSSR count). The molecule has 1 aromatic heterocycles. The van der Waals surface area contributed by atoms with Crippen molar-refractivity contribution < 1.29 is 5.11 Å². The molecular weight excluding hydrogens is 244 g/mol. The highest BCUT2D eigenvalue weighted by Gasteiger charge is 2.42. The van der Waals surface area contributed by atoms with Crippen LogP contribution in [0.3, 0.4) is 0 Å². The number of rotatable bonds is 4. The first kappa shape index (κ1) is 14.0. The van der Waals surface area contributed by atoms with Gasteiger partial charge in [0.25, 0.3) is 0 Å². The number of hydrogen-bond acceptors (Lipinski definition) is 4. The van der Waals surface area contributed by atoms with E-state index >= 15 is 0 Å². The minimum absolute atomic E-state index is 0.0574. The Hall–Kier alpha value is -0.450. The number of aromatic nitrogens is 1. The Balaban J connectivity index is 2.09. The zero-order valence-corrected chi connectivity index (χ0v) is 12.4. The highest BCUT2D eigenvalue weighted by atomic mass is 32.1. The number of likely N-dealkylation sites (N-methyl/N-ethyl adjacent to an activating group) is 1. The minimum Gasteiger partial charge on any atom is -0.391 e. The van der Waals surface area contributed by atoms with Gasteiger partial charge in [-0.2, -0.15) is 0 Å². The summed E-state index contributed by atoms with van der Waals surface area (Å²) in [6.45, 7) is 2.31. The van der Waals surface area contributed by atoms with Gasteiger partial charge in [-0.1, -0.05) is 6.92 Å². The number of thiazole rings is 1. The standard InChI is InChI=1S/C14H24N2OS/c1-11-4-6-14(7-5-11,16(2)3)12(17)10-13-15-8-9-18-13/h8-9,11-12,17H,4-7,10H2,1-3H3. The monoisotopic (exact) mass is 268 g/mol. The zero-order chi connectivity index (χ0) is 13.2. The van der Waals surface area contributed by atoms with Gasteiger partial charge in [0.05, 0.1) is 11.1 Å². The van der Waals surface area contributed by atoms with Gasteiger partial charge in [0, 0.05) is 23.5 Å². The van der Waals surface area contributed by atoms with Crippen LogP contribution in [-0.2, 0) is 6.42 Å². The molecule has 1 atom stereocenters. The molecular formula is C14H24N2OS. The van der Waals surface area contributed by atoms with Crippen molar-refractivity contribution in [2.75, 3.05) is 14.1 Å². The molecule has 0 spiro atoms. The van der Waals surface area contributed by atoms with Crippen LogP contribution in [0.4, 0.5) is 0 Å². The molecule has 0 aromatic carbocycles. The van der Waals surface area contributed by atoms with E-state index in [9.17, 15) is 5.11 Å². The van der Waals surface area contributed by atoms with Crippen LogP contribution in [0.25, 0.3) is 0 Å². The quantitative estimate of drug-likeness (QED) is 0.911. The van der Waals surface area contributed by atoms with Crippen LogP contribution in [0.5, 0.6) is 0 Å². The molecule has 0 amide bonds. The Morgan fingerprint density at radius 3 is 2.67 bits per heavy atom. The van der Waals surface area contributed by atoms with Gasteiger partial charge in [-0.3, -0.25) is 0 Å². The van der Waals surface area contributed by atoms with Crippen LogP contribution in [0.2, 0.25) is 0 Å². The largest absolute Gasteiger partial charge is 0.391 e. The number of nitrogens with zero attached hydrogens (tertiary/aromatic N) is 2. The Labute approximate surface area is 114 Å². The second-order valence-corrected chi connectivity index (χ2v) is 6.81. The summed E-state index contributed by atoms with van der Waals surface area (Å²) in [7, 11) is 4.20. The third kappa shape index (κ3) is 2.76. The lowest BCUT2D eigenvalue weighted by atomic mass is 9.72.